The summed E-state index contributed by atoms with van der Waals surface area (Å²) < 4.78 is 0. The van der Waals surface area contributed by atoms with Gasteiger partial charge in [0.1, 0.15) is 12.7 Å². The summed E-state index contributed by atoms with van der Waals surface area (Å²) in [5.74, 6) is 0. The smallest absolute Gasteiger partial charge is 0.157 e. The van der Waals surface area contributed by atoms with Crippen molar-refractivity contribution in [1.29, 1.82) is 0 Å². The maximum atomic E-state index is 2.37. The minimum absolute atomic E-state index is 0. The van der Waals surface area contributed by atoms with E-state index in [0.29, 0.717) is 0 Å². The number of rotatable bonds is 4. The van der Waals surface area contributed by atoms with Crippen LogP contribution in [0.3, 0.4) is 0 Å². The number of quaternary nitrogens is 1. The molecule has 0 saturated carbocycles. The third-order valence-corrected chi connectivity index (χ3v) is 3.43. The second-order valence-electron chi connectivity index (χ2n) is 5.03. The van der Waals surface area contributed by atoms with Gasteiger partial charge in [-0.15, -0.1) is 0 Å². The Kier molecular flexibility index (Phi) is 5.22. The number of hydrogen-bond donors (Lipinski definition) is 1. The summed E-state index contributed by atoms with van der Waals surface area (Å²) in [6, 6.07) is 21.3. The van der Waals surface area contributed by atoms with Crippen molar-refractivity contribution in [2.24, 2.45) is 0 Å². The van der Waals surface area contributed by atoms with Gasteiger partial charge in [0.25, 0.3) is 0 Å². The molecule has 104 valence electrons. The fraction of sp³-hybridized carbons (Fsp3) is 0.176. The van der Waals surface area contributed by atoms with E-state index in [4.69, 9.17) is 0 Å². The predicted molar refractivity (Wildman–Crippen MR) is 77.1 cm³/mol. The zero-order valence-corrected chi connectivity index (χ0v) is 12.1. The van der Waals surface area contributed by atoms with E-state index in [1.165, 1.54) is 16.0 Å². The Bertz CT molecular complexity index is 490. The molecular weight excluding hydrogens is 268 g/mol. The Labute approximate surface area is 126 Å². The highest BCUT2D eigenvalue weighted by Crippen LogP contribution is 2.05. The van der Waals surface area contributed by atoms with Crippen molar-refractivity contribution in [2.75, 3.05) is 6.67 Å². The van der Waals surface area contributed by atoms with E-state index >= 15 is 0 Å². The number of hydrogen-bond acceptors (Lipinski definition) is 1. The summed E-state index contributed by atoms with van der Waals surface area (Å²) in [6.45, 7) is 3.10. The van der Waals surface area contributed by atoms with E-state index in [0.717, 1.165) is 19.8 Å². The topological polar surface area (TPSA) is 7.68 Å². The third-order valence-electron chi connectivity index (χ3n) is 3.43. The first-order chi connectivity index (χ1) is 9.40. The van der Waals surface area contributed by atoms with E-state index in [9.17, 15) is 0 Å². The Hall–Kier alpha value is -1.77. The van der Waals surface area contributed by atoms with E-state index in [-0.39, 0.29) is 12.4 Å². The van der Waals surface area contributed by atoms with Crippen LogP contribution in [0.5, 0.6) is 0 Å². The summed E-state index contributed by atoms with van der Waals surface area (Å²) in [5.41, 5.74) is 2.76. The molecule has 0 saturated heterocycles. The molecular formula is C17H19ClN2. The molecule has 0 aromatic heterocycles. The fourth-order valence-corrected chi connectivity index (χ4v) is 2.48. The quantitative estimate of drug-likeness (QED) is 0.759. The Balaban J connectivity index is 0.00000147. The molecule has 2 nitrogen and oxygen atoms in total. The lowest BCUT2D eigenvalue weighted by atomic mass is 10.2. The zero-order chi connectivity index (χ0) is 12.9. The molecule has 0 bridgehead atoms. The van der Waals surface area contributed by atoms with Gasteiger partial charge in [0.15, 0.2) is 6.67 Å². The first-order valence-corrected chi connectivity index (χ1v) is 6.75. The molecule has 1 atom stereocenters. The molecule has 0 amide bonds. The lowest BCUT2D eigenvalue weighted by molar-refractivity contribution is -0.863. The van der Waals surface area contributed by atoms with Crippen molar-refractivity contribution in [3.63, 3.8) is 0 Å². The molecule has 2 aromatic rings. The van der Waals surface area contributed by atoms with Gasteiger partial charge in [0, 0.05) is 12.1 Å². The number of benzene rings is 2. The number of nitrogens with one attached hydrogen (secondary N) is 1. The van der Waals surface area contributed by atoms with Gasteiger partial charge in [0.05, 0.1) is 6.20 Å². The molecule has 1 aliphatic rings. The van der Waals surface area contributed by atoms with Crippen molar-refractivity contribution < 1.29 is 17.3 Å². The monoisotopic (exact) mass is 286 g/mol. The molecule has 1 N–H and O–H groups in total. The van der Waals surface area contributed by atoms with Crippen LogP contribution in [0.15, 0.2) is 73.1 Å². The summed E-state index contributed by atoms with van der Waals surface area (Å²) in [5, 5.41) is 0. The number of halogens is 1. The standard InChI is InChI=1S/C17H18N2.ClH/c1-3-7-16(8-4-1)13-18-11-12-19(15-18)14-17-9-5-2-6-10-17;/h1-12H,13-15H2;1H. The van der Waals surface area contributed by atoms with E-state index in [2.05, 4.69) is 78.0 Å². The maximum Gasteiger partial charge on any atom is 0.157 e. The van der Waals surface area contributed by atoms with E-state index < -0.39 is 0 Å². The molecule has 0 spiro atoms. The molecule has 1 heterocycles. The van der Waals surface area contributed by atoms with Gasteiger partial charge in [-0.05, 0) is 5.56 Å². The molecule has 1 unspecified atom stereocenters. The van der Waals surface area contributed by atoms with Crippen molar-refractivity contribution in [1.82, 2.24) is 4.90 Å². The maximum absolute atomic E-state index is 2.37. The van der Waals surface area contributed by atoms with Gasteiger partial charge in [-0.25, -0.2) is 0 Å². The molecule has 0 fully saturated rings. The van der Waals surface area contributed by atoms with Gasteiger partial charge in [-0.3, -0.25) is 4.90 Å². The average molecular weight is 287 g/mol. The van der Waals surface area contributed by atoms with Gasteiger partial charge >= 0.3 is 0 Å². The highest BCUT2D eigenvalue weighted by Gasteiger charge is 2.17. The zero-order valence-electron chi connectivity index (χ0n) is 11.4. The predicted octanol–water partition coefficient (Wildman–Crippen LogP) is -0.980. The second kappa shape index (κ2) is 7.13. The van der Waals surface area contributed by atoms with Crippen LogP contribution in [0.4, 0.5) is 0 Å². The van der Waals surface area contributed by atoms with Crippen molar-refractivity contribution in [2.45, 2.75) is 13.1 Å². The molecule has 3 rings (SSSR count). The van der Waals surface area contributed by atoms with Crippen LogP contribution < -0.4 is 17.3 Å². The highest BCUT2D eigenvalue weighted by atomic mass is 35.5. The van der Waals surface area contributed by atoms with Gasteiger partial charge < -0.3 is 17.3 Å². The van der Waals surface area contributed by atoms with Gasteiger partial charge in [-0.1, -0.05) is 60.7 Å². The van der Waals surface area contributed by atoms with E-state index in [1.807, 2.05) is 0 Å². The largest absolute Gasteiger partial charge is 1.00 e. The lowest BCUT2D eigenvalue weighted by Gasteiger charge is -2.17. The number of nitrogens with zero attached hydrogens (tertiary/aromatic N) is 1. The normalized spacial score (nSPS) is 17.0. The Morgan fingerprint density at radius 3 is 2.10 bits per heavy atom. The minimum Gasteiger partial charge on any atom is -1.00 e. The van der Waals surface area contributed by atoms with Gasteiger partial charge in [-0.2, -0.15) is 0 Å². The highest BCUT2D eigenvalue weighted by molar-refractivity contribution is 5.15. The van der Waals surface area contributed by atoms with Crippen LogP contribution in [-0.2, 0) is 13.1 Å². The van der Waals surface area contributed by atoms with Crippen molar-refractivity contribution in [3.05, 3.63) is 84.2 Å². The van der Waals surface area contributed by atoms with E-state index in [1.54, 1.807) is 0 Å². The molecule has 0 radical (unpaired) electrons. The fourth-order valence-electron chi connectivity index (χ4n) is 2.48. The van der Waals surface area contributed by atoms with Crippen LogP contribution in [0, 0.1) is 0 Å². The van der Waals surface area contributed by atoms with Crippen molar-refractivity contribution >= 4 is 0 Å². The lowest BCUT2D eigenvalue weighted by Crippen LogP contribution is -3.05. The summed E-state index contributed by atoms with van der Waals surface area (Å²) in [6.07, 6.45) is 4.47. The first-order valence-electron chi connectivity index (χ1n) is 6.75. The third kappa shape index (κ3) is 3.86. The molecule has 0 aliphatic carbocycles. The summed E-state index contributed by atoms with van der Waals surface area (Å²) >= 11 is 0. The molecule has 1 aliphatic heterocycles. The van der Waals surface area contributed by atoms with Crippen LogP contribution in [0.1, 0.15) is 11.1 Å². The van der Waals surface area contributed by atoms with Crippen molar-refractivity contribution in [3.8, 4) is 0 Å². The van der Waals surface area contributed by atoms with Crippen LogP contribution >= 0.6 is 0 Å². The van der Waals surface area contributed by atoms with Crippen LogP contribution in [0.2, 0.25) is 0 Å². The molecule has 3 heteroatoms. The summed E-state index contributed by atoms with van der Waals surface area (Å²) in [4.78, 5) is 3.86. The Morgan fingerprint density at radius 2 is 1.45 bits per heavy atom. The average Bonchev–Trinajstić information content (AvgIpc) is 2.88. The minimum atomic E-state index is 0. The molecule has 2 aromatic carbocycles. The van der Waals surface area contributed by atoms with Crippen LogP contribution in [-0.4, -0.2) is 11.6 Å². The first kappa shape index (κ1) is 14.6. The summed E-state index contributed by atoms with van der Waals surface area (Å²) in [7, 11) is 0. The van der Waals surface area contributed by atoms with Crippen LogP contribution in [0.25, 0.3) is 0 Å². The van der Waals surface area contributed by atoms with Gasteiger partial charge in [0.2, 0.25) is 0 Å². The SMILES string of the molecule is C1=C[NH+](Cc2ccccc2)CN1Cc1ccccc1.[Cl-]. The molecule has 20 heavy (non-hydrogen) atoms. The Morgan fingerprint density at radius 1 is 0.850 bits per heavy atom. The second-order valence-corrected chi connectivity index (χ2v) is 5.03.